The van der Waals surface area contributed by atoms with Crippen LogP contribution >= 0.6 is 0 Å². The summed E-state index contributed by atoms with van der Waals surface area (Å²) in [6, 6.07) is 15.1. The fraction of sp³-hybridized carbons (Fsp3) is 0.192. The number of rotatable bonds is 9. The first-order valence-electron chi connectivity index (χ1n) is 11.4. The fourth-order valence-electron chi connectivity index (χ4n) is 3.79. The third kappa shape index (κ3) is 5.02. The van der Waals surface area contributed by atoms with Gasteiger partial charge in [-0.1, -0.05) is 6.07 Å². The molecule has 0 atom stereocenters. The molecule has 0 spiro atoms. The number of carbonyl (C=O) groups is 1. The number of hydrogen-bond donors (Lipinski definition) is 1. The van der Waals surface area contributed by atoms with Crippen molar-refractivity contribution in [1.82, 2.24) is 30.1 Å². The molecule has 0 aliphatic carbocycles. The standard InChI is InChI=1S/C26H23FN6O4/c1-35-12-11-29-26(34)18-5-3-16(13-20(18)27)21-7-8-24-30-31-25(33(24)32-21)15-37-23-9-10-28-22-14-17(36-2)4-6-19(22)23/h3-10,13-14H,11-12,15H2,1-2H3,(H,29,34). The number of halogens is 1. The molecule has 0 saturated heterocycles. The zero-order chi connectivity index (χ0) is 25.8. The summed E-state index contributed by atoms with van der Waals surface area (Å²) >= 11 is 0. The van der Waals surface area contributed by atoms with E-state index < -0.39 is 11.7 Å². The topological polar surface area (TPSA) is 113 Å². The number of benzene rings is 2. The monoisotopic (exact) mass is 502 g/mol. The number of aromatic nitrogens is 5. The third-order valence-corrected chi connectivity index (χ3v) is 5.70. The number of ether oxygens (including phenoxy) is 3. The van der Waals surface area contributed by atoms with Crippen molar-refractivity contribution in [1.29, 1.82) is 0 Å². The van der Waals surface area contributed by atoms with Gasteiger partial charge in [-0.25, -0.2) is 4.39 Å². The summed E-state index contributed by atoms with van der Waals surface area (Å²) in [6.45, 7) is 0.723. The molecule has 10 nitrogen and oxygen atoms in total. The van der Waals surface area contributed by atoms with Crippen LogP contribution in [-0.2, 0) is 11.3 Å². The Kier molecular flexibility index (Phi) is 6.86. The van der Waals surface area contributed by atoms with Crippen LogP contribution in [-0.4, -0.2) is 58.1 Å². The normalized spacial score (nSPS) is 11.1. The highest BCUT2D eigenvalue weighted by Crippen LogP contribution is 2.28. The maximum Gasteiger partial charge on any atom is 0.254 e. The molecule has 0 bridgehead atoms. The van der Waals surface area contributed by atoms with Gasteiger partial charge >= 0.3 is 0 Å². The quantitative estimate of drug-likeness (QED) is 0.305. The molecule has 2 aromatic carbocycles. The van der Waals surface area contributed by atoms with Gasteiger partial charge in [-0.15, -0.1) is 10.2 Å². The minimum atomic E-state index is -0.650. The van der Waals surface area contributed by atoms with E-state index in [1.807, 2.05) is 18.2 Å². The average Bonchev–Trinajstić information content (AvgIpc) is 3.33. The number of methoxy groups -OCH3 is 2. The number of nitrogens with one attached hydrogen (secondary N) is 1. The molecular weight excluding hydrogens is 479 g/mol. The predicted molar refractivity (Wildman–Crippen MR) is 133 cm³/mol. The minimum Gasteiger partial charge on any atom is -0.497 e. The second-order valence-corrected chi connectivity index (χ2v) is 8.03. The highest BCUT2D eigenvalue weighted by Gasteiger charge is 2.15. The second-order valence-electron chi connectivity index (χ2n) is 8.03. The van der Waals surface area contributed by atoms with Crippen LogP contribution < -0.4 is 14.8 Å². The lowest BCUT2D eigenvalue weighted by Gasteiger charge is -2.09. The summed E-state index contributed by atoms with van der Waals surface area (Å²) in [5.74, 6) is 0.633. The molecule has 0 aliphatic heterocycles. The first-order valence-corrected chi connectivity index (χ1v) is 11.4. The third-order valence-electron chi connectivity index (χ3n) is 5.70. The highest BCUT2D eigenvalue weighted by atomic mass is 19.1. The molecule has 1 amide bonds. The Labute approximate surface area is 211 Å². The van der Waals surface area contributed by atoms with Crippen molar-refractivity contribution in [3.8, 4) is 22.8 Å². The summed E-state index contributed by atoms with van der Waals surface area (Å²) < 4.78 is 32.5. The Morgan fingerprint density at radius 3 is 2.76 bits per heavy atom. The molecule has 0 aliphatic rings. The molecule has 37 heavy (non-hydrogen) atoms. The molecule has 0 unspecified atom stereocenters. The SMILES string of the molecule is COCCNC(=O)c1ccc(-c2ccc3nnc(COc4ccnc5cc(OC)ccc45)n3n2)cc1F. The van der Waals surface area contributed by atoms with Gasteiger partial charge in [0.2, 0.25) is 0 Å². The number of carbonyl (C=O) groups excluding carboxylic acids is 1. The van der Waals surface area contributed by atoms with Crippen LogP contribution in [0.4, 0.5) is 4.39 Å². The maximum atomic E-state index is 14.7. The van der Waals surface area contributed by atoms with Crippen LogP contribution in [0.15, 0.2) is 60.8 Å². The van der Waals surface area contributed by atoms with Gasteiger partial charge in [0.05, 0.1) is 30.5 Å². The Bertz CT molecular complexity index is 1590. The van der Waals surface area contributed by atoms with Crippen molar-refractivity contribution in [2.75, 3.05) is 27.4 Å². The van der Waals surface area contributed by atoms with Gasteiger partial charge in [-0.2, -0.15) is 9.61 Å². The lowest BCUT2D eigenvalue weighted by molar-refractivity contribution is 0.0933. The van der Waals surface area contributed by atoms with E-state index in [0.717, 1.165) is 10.9 Å². The number of hydrogen-bond acceptors (Lipinski definition) is 8. The second kappa shape index (κ2) is 10.5. The molecule has 0 radical (unpaired) electrons. The van der Waals surface area contributed by atoms with E-state index in [0.29, 0.717) is 40.8 Å². The summed E-state index contributed by atoms with van der Waals surface area (Å²) in [5, 5.41) is 16.4. The van der Waals surface area contributed by atoms with Crippen LogP contribution in [0.5, 0.6) is 11.5 Å². The Balaban J connectivity index is 1.37. The lowest BCUT2D eigenvalue weighted by atomic mass is 10.1. The van der Waals surface area contributed by atoms with E-state index in [2.05, 4.69) is 25.6 Å². The Hall–Kier alpha value is -4.64. The van der Waals surface area contributed by atoms with E-state index in [1.165, 1.54) is 19.2 Å². The first kappa shape index (κ1) is 24.1. The van der Waals surface area contributed by atoms with E-state index in [-0.39, 0.29) is 18.7 Å². The molecule has 3 aromatic heterocycles. The molecule has 188 valence electrons. The lowest BCUT2D eigenvalue weighted by Crippen LogP contribution is -2.27. The molecule has 0 fully saturated rings. The Morgan fingerprint density at radius 1 is 1.05 bits per heavy atom. The fourth-order valence-corrected chi connectivity index (χ4v) is 3.79. The average molecular weight is 503 g/mol. The maximum absolute atomic E-state index is 14.7. The molecule has 11 heteroatoms. The van der Waals surface area contributed by atoms with Gasteiger partial charge in [0.15, 0.2) is 11.5 Å². The molecule has 3 heterocycles. The van der Waals surface area contributed by atoms with Crippen LogP contribution in [0, 0.1) is 5.82 Å². The van der Waals surface area contributed by atoms with Gasteiger partial charge in [0.1, 0.15) is 23.9 Å². The zero-order valence-corrected chi connectivity index (χ0v) is 20.1. The van der Waals surface area contributed by atoms with Crippen LogP contribution in [0.1, 0.15) is 16.2 Å². The van der Waals surface area contributed by atoms with Crippen molar-refractivity contribution >= 4 is 22.5 Å². The highest BCUT2D eigenvalue weighted by molar-refractivity contribution is 5.95. The minimum absolute atomic E-state index is 0.0542. The number of nitrogens with zero attached hydrogens (tertiary/aromatic N) is 5. The zero-order valence-electron chi connectivity index (χ0n) is 20.1. The Morgan fingerprint density at radius 2 is 1.95 bits per heavy atom. The predicted octanol–water partition coefficient (Wildman–Crippen LogP) is 3.44. The number of amides is 1. The summed E-state index contributed by atoms with van der Waals surface area (Å²) in [4.78, 5) is 16.6. The molecule has 5 rings (SSSR count). The van der Waals surface area contributed by atoms with Crippen molar-refractivity contribution in [3.63, 3.8) is 0 Å². The summed E-state index contributed by atoms with van der Waals surface area (Å²) in [6.07, 6.45) is 1.66. The number of pyridine rings is 1. The number of fused-ring (bicyclic) bond motifs is 2. The van der Waals surface area contributed by atoms with Gasteiger partial charge < -0.3 is 19.5 Å². The molecule has 1 N–H and O–H groups in total. The first-order chi connectivity index (χ1) is 18.1. The van der Waals surface area contributed by atoms with E-state index in [4.69, 9.17) is 14.2 Å². The molecule has 0 saturated carbocycles. The van der Waals surface area contributed by atoms with Crippen molar-refractivity contribution in [2.45, 2.75) is 6.61 Å². The van der Waals surface area contributed by atoms with E-state index in [1.54, 1.807) is 42.1 Å². The van der Waals surface area contributed by atoms with Gasteiger partial charge in [-0.3, -0.25) is 9.78 Å². The van der Waals surface area contributed by atoms with Gasteiger partial charge in [-0.05, 0) is 42.5 Å². The van der Waals surface area contributed by atoms with Crippen LogP contribution in [0.2, 0.25) is 0 Å². The van der Waals surface area contributed by atoms with E-state index in [9.17, 15) is 9.18 Å². The van der Waals surface area contributed by atoms with Crippen LogP contribution in [0.3, 0.4) is 0 Å². The smallest absolute Gasteiger partial charge is 0.254 e. The molecular formula is C26H23FN6O4. The largest absolute Gasteiger partial charge is 0.497 e. The van der Waals surface area contributed by atoms with Crippen molar-refractivity contribution in [2.24, 2.45) is 0 Å². The van der Waals surface area contributed by atoms with Crippen LogP contribution in [0.25, 0.3) is 27.8 Å². The molecule has 5 aromatic rings. The van der Waals surface area contributed by atoms with Gasteiger partial charge in [0, 0.05) is 36.9 Å². The van der Waals surface area contributed by atoms with Crippen molar-refractivity contribution < 1.29 is 23.4 Å². The summed E-state index contributed by atoms with van der Waals surface area (Å²) in [7, 11) is 3.13. The van der Waals surface area contributed by atoms with E-state index >= 15 is 0 Å². The van der Waals surface area contributed by atoms with Crippen molar-refractivity contribution in [3.05, 3.63) is 78.0 Å². The summed E-state index contributed by atoms with van der Waals surface area (Å²) in [5.41, 5.74) is 2.19. The van der Waals surface area contributed by atoms with Gasteiger partial charge in [0.25, 0.3) is 5.91 Å².